The Kier molecular flexibility index (Phi) is 10.6. The predicted octanol–water partition coefficient (Wildman–Crippen LogP) is 6.84. The van der Waals surface area contributed by atoms with Crippen LogP contribution in [0.3, 0.4) is 0 Å². The van der Waals surface area contributed by atoms with Crippen LogP contribution in [0.25, 0.3) is 0 Å². The zero-order valence-corrected chi connectivity index (χ0v) is 27.2. The molecule has 1 aliphatic carbocycles. The number of aliphatic imine (C=N–C) groups is 1. The highest BCUT2D eigenvalue weighted by Gasteiger charge is 2.30. The summed E-state index contributed by atoms with van der Waals surface area (Å²) in [5.41, 5.74) is 4.12. The number of aromatic nitrogens is 1. The number of hydrogen-bond acceptors (Lipinski definition) is 6. The van der Waals surface area contributed by atoms with Gasteiger partial charge in [-0.2, -0.15) is 0 Å². The van der Waals surface area contributed by atoms with E-state index in [4.69, 9.17) is 21.0 Å². The van der Waals surface area contributed by atoms with Crippen LogP contribution in [0.15, 0.2) is 71.9 Å². The largest absolute Gasteiger partial charge is 0.484 e. The van der Waals surface area contributed by atoms with E-state index in [1.807, 2.05) is 88.2 Å². The summed E-state index contributed by atoms with van der Waals surface area (Å²) in [7, 11) is 1.85. The van der Waals surface area contributed by atoms with Crippen LogP contribution in [0.1, 0.15) is 82.2 Å². The van der Waals surface area contributed by atoms with Crippen LogP contribution in [0.5, 0.6) is 5.75 Å². The van der Waals surface area contributed by atoms with Gasteiger partial charge in [0.2, 0.25) is 5.96 Å². The van der Waals surface area contributed by atoms with Gasteiger partial charge in [-0.1, -0.05) is 69.7 Å². The van der Waals surface area contributed by atoms with E-state index in [-0.39, 0.29) is 41.5 Å². The topological polar surface area (TPSA) is 142 Å². The number of carbonyl (C=O) groups excluding carboxylic acids is 1. The standard InChI is InChI=1S/C35H46N8O2/c1-7-20-42(6)33(38)43-22-25(16-19-31(43)37)45-29-18-17-28(26-10-8-9-11-27(26)29)40-34(44)41-32(21-30(36)35(3,4)5)39-24-14-12-23(2)13-15-24/h8-16,19,22,28-29,36-38H,7,17-18,20-21H2,1-6H3,(H2,39,40,41,44). The zero-order valence-electron chi connectivity index (χ0n) is 27.2. The molecule has 0 aliphatic heterocycles. The van der Waals surface area contributed by atoms with Crippen molar-refractivity contribution in [2.24, 2.45) is 10.4 Å². The zero-order chi connectivity index (χ0) is 32.7. The molecule has 0 saturated carbocycles. The van der Waals surface area contributed by atoms with Gasteiger partial charge in [-0.25, -0.2) is 9.79 Å². The second kappa shape index (κ2) is 14.4. The molecule has 1 aliphatic rings. The summed E-state index contributed by atoms with van der Waals surface area (Å²) < 4.78 is 7.96. The number of ether oxygens (including phenoxy) is 1. The minimum atomic E-state index is -0.372. The molecule has 2 atom stereocenters. The Morgan fingerprint density at radius 1 is 1.04 bits per heavy atom. The molecule has 10 nitrogen and oxygen atoms in total. The first-order valence-electron chi connectivity index (χ1n) is 15.5. The molecule has 1 heterocycles. The van der Waals surface area contributed by atoms with Crippen molar-refractivity contribution in [2.45, 2.75) is 72.4 Å². The van der Waals surface area contributed by atoms with Crippen molar-refractivity contribution in [1.82, 2.24) is 20.1 Å². The summed E-state index contributed by atoms with van der Waals surface area (Å²) in [6.07, 6.45) is 3.89. The lowest BCUT2D eigenvalue weighted by molar-refractivity contribution is 0.171. The number of hydrogen-bond donors (Lipinski definition) is 5. The Bertz CT molecular complexity index is 1620. The lowest BCUT2D eigenvalue weighted by atomic mass is 9.85. The summed E-state index contributed by atoms with van der Waals surface area (Å²) >= 11 is 0. The molecule has 2 aromatic carbocycles. The van der Waals surface area contributed by atoms with Crippen molar-refractivity contribution >= 4 is 29.2 Å². The van der Waals surface area contributed by atoms with Gasteiger partial charge in [0.1, 0.15) is 23.2 Å². The van der Waals surface area contributed by atoms with E-state index in [1.165, 1.54) is 4.57 Å². The summed E-state index contributed by atoms with van der Waals surface area (Å²) in [5, 5.41) is 31.5. The molecule has 2 unspecified atom stereocenters. The highest BCUT2D eigenvalue weighted by molar-refractivity contribution is 6.09. The second-order valence-corrected chi connectivity index (χ2v) is 12.6. The van der Waals surface area contributed by atoms with E-state index in [1.54, 1.807) is 18.3 Å². The third-order valence-electron chi connectivity index (χ3n) is 7.90. The summed E-state index contributed by atoms with van der Waals surface area (Å²) in [4.78, 5) is 19.9. The number of fused-ring (bicyclic) bond motifs is 1. The van der Waals surface area contributed by atoms with Gasteiger partial charge >= 0.3 is 6.03 Å². The fourth-order valence-electron chi connectivity index (χ4n) is 5.18. The van der Waals surface area contributed by atoms with Crippen LogP contribution in [0.2, 0.25) is 0 Å². The van der Waals surface area contributed by atoms with Crippen molar-refractivity contribution in [3.05, 3.63) is 89.0 Å². The number of nitrogens with zero attached hydrogens (tertiary/aromatic N) is 3. The quantitative estimate of drug-likeness (QED) is 0.141. The third kappa shape index (κ3) is 8.68. The van der Waals surface area contributed by atoms with Crippen molar-refractivity contribution in [1.29, 1.82) is 16.2 Å². The smallest absolute Gasteiger partial charge is 0.320 e. The number of carbonyl (C=O) groups is 1. The number of nitrogens with one attached hydrogen (secondary N) is 5. The fourth-order valence-corrected chi connectivity index (χ4v) is 5.18. The fraction of sp³-hybridized carbons (Fsp3) is 0.400. The monoisotopic (exact) mass is 610 g/mol. The molecule has 0 fully saturated rings. The lowest BCUT2D eigenvalue weighted by Gasteiger charge is -2.32. The van der Waals surface area contributed by atoms with E-state index in [0.717, 1.165) is 23.1 Å². The molecular weight excluding hydrogens is 564 g/mol. The molecule has 45 heavy (non-hydrogen) atoms. The Balaban J connectivity index is 1.50. The van der Waals surface area contributed by atoms with Gasteiger partial charge in [0, 0.05) is 25.7 Å². The molecule has 238 valence electrons. The molecule has 3 aromatic rings. The van der Waals surface area contributed by atoms with Gasteiger partial charge in [0.15, 0.2) is 0 Å². The van der Waals surface area contributed by atoms with Gasteiger partial charge < -0.3 is 20.4 Å². The van der Waals surface area contributed by atoms with Crippen LogP contribution in [0, 0.1) is 28.6 Å². The molecule has 0 bridgehead atoms. The number of aryl methyl sites for hydroxylation is 1. The Morgan fingerprint density at radius 3 is 2.40 bits per heavy atom. The number of amidine groups is 1. The van der Waals surface area contributed by atoms with Gasteiger partial charge in [-0.05, 0) is 67.0 Å². The second-order valence-electron chi connectivity index (χ2n) is 12.6. The number of amides is 2. The molecule has 0 saturated heterocycles. The first kappa shape index (κ1) is 33.2. The van der Waals surface area contributed by atoms with Crippen LogP contribution >= 0.6 is 0 Å². The third-order valence-corrected chi connectivity index (χ3v) is 7.90. The first-order chi connectivity index (χ1) is 21.3. The molecule has 0 spiro atoms. The number of benzene rings is 2. The predicted molar refractivity (Wildman–Crippen MR) is 180 cm³/mol. The highest BCUT2D eigenvalue weighted by atomic mass is 16.5. The van der Waals surface area contributed by atoms with Crippen molar-refractivity contribution in [2.75, 3.05) is 13.6 Å². The minimum absolute atomic E-state index is 0.206. The molecule has 2 amide bonds. The molecule has 10 heteroatoms. The Labute approximate surface area is 266 Å². The van der Waals surface area contributed by atoms with Crippen LogP contribution in [-0.2, 0) is 0 Å². The first-order valence-corrected chi connectivity index (χ1v) is 15.5. The van der Waals surface area contributed by atoms with E-state index >= 15 is 0 Å². The lowest BCUT2D eigenvalue weighted by Crippen LogP contribution is -2.43. The normalized spacial score (nSPS) is 16.4. The van der Waals surface area contributed by atoms with Gasteiger partial charge in [0.25, 0.3) is 0 Å². The maximum absolute atomic E-state index is 13.4. The van der Waals surface area contributed by atoms with Gasteiger partial charge in [0.05, 0.1) is 17.9 Å². The van der Waals surface area contributed by atoms with Crippen molar-refractivity contribution in [3.63, 3.8) is 0 Å². The maximum atomic E-state index is 13.4. The van der Waals surface area contributed by atoms with E-state index < -0.39 is 0 Å². The number of urea groups is 1. The van der Waals surface area contributed by atoms with Crippen LogP contribution in [-0.4, -0.2) is 46.6 Å². The minimum Gasteiger partial charge on any atom is -0.484 e. The Hall–Kier alpha value is -4.73. The SMILES string of the molecule is CCCN(C)C(=N)n1cc(OC2CCC(NC(=O)NC(CC(=N)C(C)(C)C)=Nc3ccc(C)cc3)c3ccccc32)ccc1=N. The number of pyridine rings is 1. The van der Waals surface area contributed by atoms with E-state index in [0.29, 0.717) is 42.4 Å². The van der Waals surface area contributed by atoms with E-state index in [2.05, 4.69) is 22.5 Å². The average Bonchev–Trinajstić information content (AvgIpc) is 2.99. The van der Waals surface area contributed by atoms with E-state index in [9.17, 15) is 4.79 Å². The van der Waals surface area contributed by atoms with Gasteiger partial charge in [-0.15, -0.1) is 0 Å². The molecule has 4 rings (SSSR count). The maximum Gasteiger partial charge on any atom is 0.320 e. The van der Waals surface area contributed by atoms with Crippen molar-refractivity contribution < 1.29 is 9.53 Å². The molecular formula is C35H46N8O2. The summed E-state index contributed by atoms with van der Waals surface area (Å²) in [6.45, 7) is 10.7. The van der Waals surface area contributed by atoms with Crippen LogP contribution < -0.4 is 20.9 Å². The highest BCUT2D eigenvalue weighted by Crippen LogP contribution is 2.38. The molecule has 0 radical (unpaired) electrons. The Morgan fingerprint density at radius 2 is 1.73 bits per heavy atom. The molecule has 5 N–H and O–H groups in total. The number of rotatable bonds is 8. The molecule has 1 aromatic heterocycles. The average molecular weight is 611 g/mol. The summed E-state index contributed by atoms with van der Waals surface area (Å²) in [6, 6.07) is 18.5. The summed E-state index contributed by atoms with van der Waals surface area (Å²) in [5.74, 6) is 1.21. The van der Waals surface area contributed by atoms with Crippen LogP contribution in [0.4, 0.5) is 10.5 Å². The van der Waals surface area contributed by atoms with Gasteiger partial charge in [-0.3, -0.25) is 20.7 Å². The van der Waals surface area contributed by atoms with Crippen molar-refractivity contribution in [3.8, 4) is 5.75 Å².